The van der Waals surface area contributed by atoms with Crippen molar-refractivity contribution in [2.75, 3.05) is 0 Å². The molecule has 0 aliphatic carbocycles. The number of hydrogen-bond acceptors (Lipinski definition) is 3. The molecule has 0 N–H and O–H groups in total. The van der Waals surface area contributed by atoms with Crippen molar-refractivity contribution in [2.45, 2.75) is 0 Å². The highest BCUT2D eigenvalue weighted by molar-refractivity contribution is 7.25. The van der Waals surface area contributed by atoms with Gasteiger partial charge in [0.2, 0.25) is 0 Å². The summed E-state index contributed by atoms with van der Waals surface area (Å²) in [5.74, 6) is 0. The third-order valence-electron chi connectivity index (χ3n) is 2.93. The molecule has 3 aromatic rings. The Bertz CT molecular complexity index is 836. The summed E-state index contributed by atoms with van der Waals surface area (Å²) in [7, 11) is 0. The van der Waals surface area contributed by atoms with Gasteiger partial charge in [-0.1, -0.05) is 6.07 Å². The number of thiophene rings is 1. The van der Waals surface area contributed by atoms with Crippen LogP contribution in [-0.4, -0.2) is 10.5 Å². The van der Waals surface area contributed by atoms with Crippen LogP contribution in [0.5, 0.6) is 0 Å². The van der Waals surface area contributed by atoms with E-state index in [2.05, 4.69) is 0 Å². The number of benzene rings is 2. The summed E-state index contributed by atoms with van der Waals surface area (Å²) in [6.07, 6.45) is 0. The van der Waals surface area contributed by atoms with Crippen LogP contribution in [0.3, 0.4) is 0 Å². The van der Waals surface area contributed by atoms with Crippen LogP contribution in [0.15, 0.2) is 36.4 Å². The monoisotopic (exact) mass is 308 g/mol. The molecule has 3 rings (SSSR count). The van der Waals surface area contributed by atoms with Crippen LogP contribution in [0.1, 0.15) is 20.7 Å². The second-order valence-electron chi connectivity index (χ2n) is 4.07. The molecule has 2 aromatic carbocycles. The van der Waals surface area contributed by atoms with Crippen molar-refractivity contribution >= 4 is 65.2 Å². The maximum atomic E-state index is 11.2. The van der Waals surface area contributed by atoms with E-state index in [0.29, 0.717) is 11.1 Å². The Labute approximate surface area is 122 Å². The molecule has 0 saturated carbocycles. The smallest absolute Gasteiger partial charge is 0.252 e. The maximum Gasteiger partial charge on any atom is 0.252 e. The van der Waals surface area contributed by atoms with E-state index in [1.165, 1.54) is 0 Å². The molecule has 0 spiro atoms. The molecule has 1 heterocycles. The van der Waals surface area contributed by atoms with E-state index in [9.17, 15) is 9.59 Å². The Kier molecular flexibility index (Phi) is 3.05. The average Bonchev–Trinajstić information content (AvgIpc) is 2.74. The van der Waals surface area contributed by atoms with Crippen molar-refractivity contribution < 1.29 is 9.59 Å². The molecule has 19 heavy (non-hydrogen) atoms. The standard InChI is InChI=1S/C14H6Cl2O2S/c15-13(17)7-2-4-11-10(5-7)9-3-1-8(14(16)18)6-12(9)19-11/h1-6H. The fourth-order valence-electron chi connectivity index (χ4n) is 2.02. The SMILES string of the molecule is O=C(Cl)c1ccc2c(c1)sc1ccc(C(=O)Cl)cc12. The van der Waals surface area contributed by atoms with Gasteiger partial charge in [-0.2, -0.15) is 0 Å². The molecule has 0 saturated heterocycles. The molecule has 0 radical (unpaired) electrons. The molecule has 0 atom stereocenters. The minimum atomic E-state index is -0.478. The van der Waals surface area contributed by atoms with Gasteiger partial charge in [-0.05, 0) is 53.5 Å². The average molecular weight is 309 g/mol. The number of rotatable bonds is 2. The Morgan fingerprint density at radius 2 is 1.42 bits per heavy atom. The van der Waals surface area contributed by atoms with E-state index in [-0.39, 0.29) is 0 Å². The minimum absolute atomic E-state index is 0.464. The lowest BCUT2D eigenvalue weighted by Gasteiger charge is -1.96. The first-order valence-corrected chi connectivity index (χ1v) is 6.99. The second-order valence-corrected chi connectivity index (χ2v) is 5.84. The molecular formula is C14H6Cl2O2S. The topological polar surface area (TPSA) is 34.1 Å². The number of carbonyl (C=O) groups excluding carboxylic acids is 2. The van der Waals surface area contributed by atoms with E-state index < -0.39 is 10.5 Å². The van der Waals surface area contributed by atoms with Gasteiger partial charge in [0.1, 0.15) is 0 Å². The normalized spacial score (nSPS) is 11.1. The molecule has 94 valence electrons. The largest absolute Gasteiger partial charge is 0.276 e. The number of hydrogen-bond donors (Lipinski definition) is 0. The summed E-state index contributed by atoms with van der Waals surface area (Å²) in [5.41, 5.74) is 0.931. The van der Waals surface area contributed by atoms with Crippen molar-refractivity contribution in [1.29, 1.82) is 0 Å². The van der Waals surface area contributed by atoms with Crippen molar-refractivity contribution in [2.24, 2.45) is 0 Å². The highest BCUT2D eigenvalue weighted by atomic mass is 35.5. The van der Waals surface area contributed by atoms with Crippen molar-refractivity contribution in [3.05, 3.63) is 47.5 Å². The van der Waals surface area contributed by atoms with E-state index in [1.807, 2.05) is 12.1 Å². The van der Waals surface area contributed by atoms with Gasteiger partial charge in [0.15, 0.2) is 0 Å². The Hall–Kier alpha value is -1.42. The van der Waals surface area contributed by atoms with Gasteiger partial charge in [-0.25, -0.2) is 0 Å². The molecule has 0 bridgehead atoms. The van der Waals surface area contributed by atoms with Crippen LogP contribution in [0.25, 0.3) is 20.2 Å². The molecule has 5 heteroatoms. The number of fused-ring (bicyclic) bond motifs is 3. The van der Waals surface area contributed by atoms with Crippen molar-refractivity contribution in [3.63, 3.8) is 0 Å². The van der Waals surface area contributed by atoms with Gasteiger partial charge >= 0.3 is 0 Å². The van der Waals surface area contributed by atoms with Crippen LogP contribution >= 0.6 is 34.5 Å². The van der Waals surface area contributed by atoms with Crippen LogP contribution < -0.4 is 0 Å². The summed E-state index contributed by atoms with van der Waals surface area (Å²) in [5, 5.41) is 0.992. The first kappa shape index (κ1) is 12.6. The summed E-state index contributed by atoms with van der Waals surface area (Å²) in [4.78, 5) is 22.4. The van der Waals surface area contributed by atoms with Crippen LogP contribution in [-0.2, 0) is 0 Å². The number of carbonyl (C=O) groups is 2. The Morgan fingerprint density at radius 3 is 2.11 bits per heavy atom. The van der Waals surface area contributed by atoms with Gasteiger partial charge in [-0.3, -0.25) is 9.59 Å². The fraction of sp³-hybridized carbons (Fsp3) is 0. The van der Waals surface area contributed by atoms with Gasteiger partial charge in [0.05, 0.1) is 0 Å². The fourth-order valence-corrected chi connectivity index (χ4v) is 3.38. The minimum Gasteiger partial charge on any atom is -0.276 e. The Morgan fingerprint density at radius 1 is 0.789 bits per heavy atom. The second kappa shape index (κ2) is 4.60. The van der Waals surface area contributed by atoms with E-state index in [0.717, 1.165) is 20.2 Å². The molecule has 0 fully saturated rings. The summed E-state index contributed by atoms with van der Waals surface area (Å²) < 4.78 is 2.00. The summed E-state index contributed by atoms with van der Waals surface area (Å²) >= 11 is 12.5. The first-order chi connectivity index (χ1) is 9.06. The van der Waals surface area contributed by atoms with E-state index in [4.69, 9.17) is 23.2 Å². The molecule has 0 aliphatic heterocycles. The molecule has 0 amide bonds. The van der Waals surface area contributed by atoms with Gasteiger partial charge < -0.3 is 0 Å². The van der Waals surface area contributed by atoms with Crippen LogP contribution in [0.2, 0.25) is 0 Å². The van der Waals surface area contributed by atoms with Crippen molar-refractivity contribution in [1.82, 2.24) is 0 Å². The van der Waals surface area contributed by atoms with Gasteiger partial charge in [-0.15, -0.1) is 11.3 Å². The molecular weight excluding hydrogens is 303 g/mol. The predicted octanol–water partition coefficient (Wildman–Crippen LogP) is 4.81. The summed E-state index contributed by atoms with van der Waals surface area (Å²) in [6.45, 7) is 0. The predicted molar refractivity (Wildman–Crippen MR) is 79.7 cm³/mol. The zero-order chi connectivity index (χ0) is 13.6. The van der Waals surface area contributed by atoms with Crippen LogP contribution in [0.4, 0.5) is 0 Å². The van der Waals surface area contributed by atoms with E-state index in [1.54, 1.807) is 35.6 Å². The zero-order valence-corrected chi connectivity index (χ0v) is 11.8. The molecule has 2 nitrogen and oxygen atoms in total. The number of halogens is 2. The zero-order valence-electron chi connectivity index (χ0n) is 9.44. The highest BCUT2D eigenvalue weighted by Gasteiger charge is 2.10. The van der Waals surface area contributed by atoms with Crippen LogP contribution in [0, 0.1) is 0 Å². The van der Waals surface area contributed by atoms with E-state index >= 15 is 0 Å². The molecule has 0 unspecified atom stereocenters. The van der Waals surface area contributed by atoms with Crippen molar-refractivity contribution in [3.8, 4) is 0 Å². The molecule has 0 aliphatic rings. The maximum absolute atomic E-state index is 11.2. The third kappa shape index (κ3) is 2.14. The lowest BCUT2D eigenvalue weighted by molar-refractivity contribution is 0.107. The lowest BCUT2D eigenvalue weighted by atomic mass is 10.1. The summed E-state index contributed by atoms with van der Waals surface area (Å²) in [6, 6.07) is 10.6. The first-order valence-electron chi connectivity index (χ1n) is 5.42. The highest BCUT2D eigenvalue weighted by Crippen LogP contribution is 2.35. The Balaban J connectivity index is 2.33. The molecule has 1 aromatic heterocycles. The lowest BCUT2D eigenvalue weighted by Crippen LogP contribution is -1.87. The van der Waals surface area contributed by atoms with Gasteiger partial charge in [0.25, 0.3) is 10.5 Å². The third-order valence-corrected chi connectivity index (χ3v) is 4.50. The van der Waals surface area contributed by atoms with Gasteiger partial charge in [0, 0.05) is 31.3 Å². The quantitative estimate of drug-likeness (QED) is 0.636.